The fraction of sp³-hybridized carbons (Fsp3) is 0.375. The summed E-state index contributed by atoms with van der Waals surface area (Å²) >= 11 is 0. The van der Waals surface area contributed by atoms with Crippen LogP contribution in [0.25, 0.3) is 0 Å². The number of thiol groups is 2. The van der Waals surface area contributed by atoms with Gasteiger partial charge in [0.05, 0.1) is 23.6 Å². The minimum absolute atomic E-state index is 0.174. The van der Waals surface area contributed by atoms with Crippen molar-refractivity contribution in [2.24, 2.45) is 0 Å². The molecule has 26 heavy (non-hydrogen) atoms. The first-order valence-corrected chi connectivity index (χ1v) is 10.4. The van der Waals surface area contributed by atoms with Crippen LogP contribution in [-0.4, -0.2) is 27.8 Å². The standard InChI is InChI=1S/C16H17NO7S2/c1-9(24-26(21)22)13-6-10(8-25(19)20)2-5-12(13)15(18)14-7-17-23-16(14)11-3-4-11/h2,5-7,9,11,25-26H,3-4,8H2,1H3. The van der Waals surface area contributed by atoms with Gasteiger partial charge in [-0.3, -0.25) is 8.98 Å². The SMILES string of the molecule is CC(O[SH](=O)=O)c1cc(C[SH](=O)=O)ccc1C(=O)c1cnoc1C1CC1. The van der Waals surface area contributed by atoms with Crippen LogP contribution in [0.2, 0.25) is 0 Å². The van der Waals surface area contributed by atoms with Crippen molar-refractivity contribution in [3.63, 3.8) is 0 Å². The van der Waals surface area contributed by atoms with Crippen molar-refractivity contribution in [3.8, 4) is 0 Å². The molecule has 0 aliphatic heterocycles. The molecule has 3 rings (SSSR count). The van der Waals surface area contributed by atoms with Gasteiger partial charge >= 0.3 is 0 Å². The molecule has 1 unspecified atom stereocenters. The predicted octanol–water partition coefficient (Wildman–Crippen LogP) is 1.50. The predicted molar refractivity (Wildman–Crippen MR) is 92.2 cm³/mol. The van der Waals surface area contributed by atoms with E-state index >= 15 is 0 Å². The Labute approximate surface area is 153 Å². The van der Waals surface area contributed by atoms with E-state index in [1.165, 1.54) is 31.3 Å². The molecule has 140 valence electrons. The monoisotopic (exact) mass is 399 g/mol. The van der Waals surface area contributed by atoms with E-state index in [1.54, 1.807) is 0 Å². The largest absolute Gasteiger partial charge is 0.360 e. The molecule has 0 saturated heterocycles. The third-order valence-electron chi connectivity index (χ3n) is 4.15. The third kappa shape index (κ3) is 4.19. The van der Waals surface area contributed by atoms with Crippen molar-refractivity contribution in [1.29, 1.82) is 0 Å². The van der Waals surface area contributed by atoms with Crippen molar-refractivity contribution < 1.29 is 30.3 Å². The van der Waals surface area contributed by atoms with Crippen LogP contribution in [0.5, 0.6) is 0 Å². The highest BCUT2D eigenvalue weighted by Gasteiger charge is 2.33. The first-order chi connectivity index (χ1) is 12.4. The van der Waals surface area contributed by atoms with Gasteiger partial charge in [0.2, 0.25) is 0 Å². The molecule has 0 spiro atoms. The van der Waals surface area contributed by atoms with Gasteiger partial charge in [0.25, 0.3) is 11.0 Å². The highest BCUT2D eigenvalue weighted by Crippen LogP contribution is 2.42. The first-order valence-electron chi connectivity index (χ1n) is 7.92. The van der Waals surface area contributed by atoms with E-state index in [-0.39, 0.29) is 23.0 Å². The number of rotatable bonds is 8. The summed E-state index contributed by atoms with van der Waals surface area (Å²) in [5, 5.41) is 3.71. The highest BCUT2D eigenvalue weighted by atomic mass is 32.2. The molecule has 0 radical (unpaired) electrons. The molecule has 1 aromatic carbocycles. The zero-order valence-corrected chi connectivity index (χ0v) is 15.6. The molecule has 1 aromatic heterocycles. The van der Waals surface area contributed by atoms with Gasteiger partial charge in [-0.2, -0.15) is 0 Å². The van der Waals surface area contributed by atoms with Crippen LogP contribution in [0.4, 0.5) is 0 Å². The molecule has 1 fully saturated rings. The second kappa shape index (κ2) is 7.68. The van der Waals surface area contributed by atoms with E-state index in [0.717, 1.165) is 12.8 Å². The fourth-order valence-electron chi connectivity index (χ4n) is 2.79. The Hall–Kier alpha value is -2.04. The molecule has 0 amide bonds. The average molecular weight is 399 g/mol. The van der Waals surface area contributed by atoms with E-state index in [2.05, 4.69) is 5.16 Å². The Morgan fingerprint density at radius 1 is 1.27 bits per heavy atom. The number of nitrogens with zero attached hydrogens (tertiary/aromatic N) is 1. The lowest BCUT2D eigenvalue weighted by molar-refractivity contribution is 0.103. The first kappa shape index (κ1) is 18.7. The Kier molecular flexibility index (Phi) is 5.54. The molecule has 0 N–H and O–H groups in total. The number of aromatic nitrogens is 1. The Morgan fingerprint density at radius 2 is 2.00 bits per heavy atom. The van der Waals surface area contributed by atoms with Crippen LogP contribution >= 0.6 is 0 Å². The molecule has 1 aliphatic carbocycles. The Balaban J connectivity index is 2.03. The van der Waals surface area contributed by atoms with E-state index in [1.807, 2.05) is 0 Å². The van der Waals surface area contributed by atoms with E-state index < -0.39 is 27.8 Å². The summed E-state index contributed by atoms with van der Waals surface area (Å²) in [4.78, 5) is 13.0. The number of carbonyl (C=O) groups is 1. The summed E-state index contributed by atoms with van der Waals surface area (Å²) in [6.07, 6.45) is 2.26. The lowest BCUT2D eigenvalue weighted by atomic mass is 9.94. The maximum Gasteiger partial charge on any atom is 0.257 e. The summed E-state index contributed by atoms with van der Waals surface area (Å²) in [6, 6.07) is 4.48. The third-order valence-corrected chi connectivity index (χ3v) is 5.26. The van der Waals surface area contributed by atoms with Crippen molar-refractivity contribution in [1.82, 2.24) is 5.16 Å². The molecular weight excluding hydrogens is 382 g/mol. The average Bonchev–Trinajstić information content (AvgIpc) is 3.30. The molecule has 1 atom stereocenters. The van der Waals surface area contributed by atoms with Gasteiger partial charge in [0, 0.05) is 11.5 Å². The maximum absolute atomic E-state index is 13.0. The van der Waals surface area contributed by atoms with Gasteiger partial charge < -0.3 is 4.52 Å². The van der Waals surface area contributed by atoms with Crippen molar-refractivity contribution in [2.45, 2.75) is 37.5 Å². The number of ketones is 1. The van der Waals surface area contributed by atoms with Crippen molar-refractivity contribution in [3.05, 3.63) is 52.4 Å². The Bertz CT molecular complexity index is 970. The van der Waals surface area contributed by atoms with Crippen LogP contribution in [0, 0.1) is 0 Å². The Morgan fingerprint density at radius 3 is 2.62 bits per heavy atom. The van der Waals surface area contributed by atoms with Crippen LogP contribution < -0.4 is 0 Å². The van der Waals surface area contributed by atoms with E-state index in [4.69, 9.17) is 8.71 Å². The van der Waals surface area contributed by atoms with Gasteiger partial charge in [-0.25, -0.2) is 16.8 Å². The molecular formula is C16H17NO7S2. The summed E-state index contributed by atoms with van der Waals surface area (Å²) < 4.78 is 53.8. The lowest BCUT2D eigenvalue weighted by Crippen LogP contribution is -2.11. The van der Waals surface area contributed by atoms with Crippen molar-refractivity contribution >= 4 is 27.5 Å². The topological polar surface area (TPSA) is 121 Å². The van der Waals surface area contributed by atoms with Gasteiger partial charge in [-0.1, -0.05) is 23.4 Å². The van der Waals surface area contributed by atoms with Crippen LogP contribution in [0.1, 0.15) is 64.6 Å². The number of hydrogen-bond acceptors (Lipinski definition) is 8. The molecule has 1 saturated carbocycles. The number of benzene rings is 1. The molecule has 10 heteroatoms. The van der Waals surface area contributed by atoms with E-state index in [9.17, 15) is 21.6 Å². The van der Waals surface area contributed by atoms with Crippen LogP contribution in [-0.2, 0) is 31.6 Å². The molecule has 1 aliphatic rings. The summed E-state index contributed by atoms with van der Waals surface area (Å²) in [5.41, 5.74) is 1.29. The van der Waals surface area contributed by atoms with E-state index in [0.29, 0.717) is 22.5 Å². The normalized spacial score (nSPS) is 15.5. The quantitative estimate of drug-likeness (QED) is 0.506. The number of hydrogen-bond donors (Lipinski definition) is 2. The smallest absolute Gasteiger partial charge is 0.257 e. The maximum atomic E-state index is 13.0. The van der Waals surface area contributed by atoms with Gasteiger partial charge in [-0.05, 0) is 30.9 Å². The fourth-order valence-corrected chi connectivity index (χ4v) is 3.66. The number of carbonyl (C=O) groups excluding carboxylic acids is 1. The van der Waals surface area contributed by atoms with Crippen LogP contribution in [0.15, 0.2) is 28.9 Å². The minimum Gasteiger partial charge on any atom is -0.360 e. The van der Waals surface area contributed by atoms with Crippen molar-refractivity contribution in [2.75, 3.05) is 0 Å². The molecule has 1 heterocycles. The summed E-state index contributed by atoms with van der Waals surface area (Å²) in [7, 11) is -5.80. The minimum atomic E-state index is -3.13. The lowest BCUT2D eigenvalue weighted by Gasteiger charge is -2.15. The second-order valence-electron chi connectivity index (χ2n) is 6.09. The van der Waals surface area contributed by atoms with Gasteiger partial charge in [0.1, 0.15) is 10.7 Å². The molecule has 0 bridgehead atoms. The zero-order valence-electron chi connectivity index (χ0n) is 13.8. The summed E-state index contributed by atoms with van der Waals surface area (Å²) in [6.45, 7) is 1.48. The highest BCUT2D eigenvalue weighted by molar-refractivity contribution is 7.71. The molecule has 8 nitrogen and oxygen atoms in total. The van der Waals surface area contributed by atoms with Gasteiger partial charge in [-0.15, -0.1) is 0 Å². The second-order valence-corrected chi connectivity index (χ2v) is 7.73. The van der Waals surface area contributed by atoms with Crippen LogP contribution in [0.3, 0.4) is 0 Å². The summed E-state index contributed by atoms with van der Waals surface area (Å²) in [5.74, 6) is 0.121. The molecule has 2 aromatic rings. The van der Waals surface area contributed by atoms with Gasteiger partial charge in [0.15, 0.2) is 11.5 Å². The zero-order chi connectivity index (χ0) is 18.8.